The Morgan fingerprint density at radius 3 is 2.76 bits per heavy atom. The quantitative estimate of drug-likeness (QED) is 0.760. The summed E-state index contributed by atoms with van der Waals surface area (Å²) in [5.41, 5.74) is 1.03. The number of unbranched alkanes of at least 4 members (excludes halogenated alkanes) is 1. The van der Waals surface area contributed by atoms with Gasteiger partial charge in [-0.1, -0.05) is 13.0 Å². The molecule has 1 heterocycles. The Morgan fingerprint density at radius 1 is 1.35 bits per heavy atom. The van der Waals surface area contributed by atoms with Crippen LogP contribution in [0.2, 0.25) is 0 Å². The molecule has 0 unspecified atom stereocenters. The number of aryl methyl sites for hydroxylation is 1. The lowest BCUT2D eigenvalue weighted by Gasteiger charge is -2.09. The SMILES string of the molecule is CCC(=O)NCCCCn1c(C)cccc1=O. The van der Waals surface area contributed by atoms with Crippen LogP contribution >= 0.6 is 0 Å². The fourth-order valence-electron chi connectivity index (χ4n) is 1.66. The molecule has 0 aliphatic rings. The van der Waals surface area contributed by atoms with E-state index in [0.29, 0.717) is 19.5 Å². The van der Waals surface area contributed by atoms with Crippen molar-refractivity contribution in [3.8, 4) is 0 Å². The molecule has 1 N–H and O–H groups in total. The minimum atomic E-state index is 0.0441. The molecule has 0 radical (unpaired) electrons. The van der Waals surface area contributed by atoms with Gasteiger partial charge >= 0.3 is 0 Å². The molecule has 0 fully saturated rings. The summed E-state index contributed by atoms with van der Waals surface area (Å²) >= 11 is 0. The Kier molecular flexibility index (Phi) is 5.46. The highest BCUT2D eigenvalue weighted by Gasteiger charge is 1.99. The van der Waals surface area contributed by atoms with Crippen LogP contribution in [0.3, 0.4) is 0 Å². The third kappa shape index (κ3) is 4.43. The number of rotatable bonds is 6. The van der Waals surface area contributed by atoms with Gasteiger partial charge in [0, 0.05) is 31.3 Å². The summed E-state index contributed by atoms with van der Waals surface area (Å²) in [6, 6.07) is 5.28. The van der Waals surface area contributed by atoms with E-state index in [2.05, 4.69) is 5.32 Å². The predicted octanol–water partition coefficient (Wildman–Crippen LogP) is 1.46. The van der Waals surface area contributed by atoms with Crippen LogP contribution in [-0.4, -0.2) is 17.0 Å². The molecular formula is C13H20N2O2. The summed E-state index contributed by atoms with van der Waals surface area (Å²) in [4.78, 5) is 22.5. The molecule has 0 bridgehead atoms. The van der Waals surface area contributed by atoms with Gasteiger partial charge in [0.25, 0.3) is 5.56 Å². The maximum Gasteiger partial charge on any atom is 0.250 e. The van der Waals surface area contributed by atoms with Crippen LogP contribution in [0.4, 0.5) is 0 Å². The van der Waals surface area contributed by atoms with E-state index in [9.17, 15) is 9.59 Å². The van der Waals surface area contributed by atoms with Gasteiger partial charge in [-0.05, 0) is 25.8 Å². The van der Waals surface area contributed by atoms with E-state index < -0.39 is 0 Å². The number of nitrogens with one attached hydrogen (secondary N) is 1. The Morgan fingerprint density at radius 2 is 2.12 bits per heavy atom. The molecule has 0 saturated heterocycles. The highest BCUT2D eigenvalue weighted by molar-refractivity contribution is 5.75. The molecule has 1 aromatic heterocycles. The molecule has 4 nitrogen and oxygen atoms in total. The zero-order chi connectivity index (χ0) is 12.7. The van der Waals surface area contributed by atoms with Crippen LogP contribution in [0.25, 0.3) is 0 Å². The normalized spacial score (nSPS) is 10.2. The summed E-state index contributed by atoms with van der Waals surface area (Å²) in [7, 11) is 0. The monoisotopic (exact) mass is 236 g/mol. The smallest absolute Gasteiger partial charge is 0.250 e. The standard InChI is InChI=1S/C13H20N2O2/c1-3-12(16)14-9-4-5-10-15-11(2)7-6-8-13(15)17/h6-8H,3-5,9-10H2,1-2H3,(H,14,16). The van der Waals surface area contributed by atoms with E-state index >= 15 is 0 Å². The zero-order valence-corrected chi connectivity index (χ0v) is 10.5. The van der Waals surface area contributed by atoms with Crippen molar-refractivity contribution in [2.24, 2.45) is 0 Å². The lowest BCUT2D eigenvalue weighted by molar-refractivity contribution is -0.120. The first-order valence-corrected chi connectivity index (χ1v) is 6.08. The van der Waals surface area contributed by atoms with Crippen molar-refractivity contribution in [1.82, 2.24) is 9.88 Å². The maximum absolute atomic E-state index is 11.6. The number of carbonyl (C=O) groups excluding carboxylic acids is 1. The molecule has 17 heavy (non-hydrogen) atoms. The average molecular weight is 236 g/mol. The van der Waals surface area contributed by atoms with Crippen molar-refractivity contribution in [3.05, 3.63) is 34.2 Å². The predicted molar refractivity (Wildman–Crippen MR) is 68.0 cm³/mol. The fourth-order valence-corrected chi connectivity index (χ4v) is 1.66. The molecule has 0 spiro atoms. The lowest BCUT2D eigenvalue weighted by atomic mass is 10.2. The molecule has 0 aliphatic carbocycles. The molecule has 4 heteroatoms. The van der Waals surface area contributed by atoms with E-state index in [4.69, 9.17) is 0 Å². The molecule has 1 rings (SSSR count). The second-order valence-electron chi connectivity index (χ2n) is 4.07. The van der Waals surface area contributed by atoms with Gasteiger partial charge in [-0.25, -0.2) is 0 Å². The highest BCUT2D eigenvalue weighted by atomic mass is 16.1. The Hall–Kier alpha value is -1.58. The first-order chi connectivity index (χ1) is 8.15. The molecule has 0 aromatic carbocycles. The van der Waals surface area contributed by atoms with Gasteiger partial charge < -0.3 is 9.88 Å². The van der Waals surface area contributed by atoms with Crippen LogP contribution in [0, 0.1) is 6.92 Å². The molecule has 0 saturated carbocycles. The zero-order valence-electron chi connectivity index (χ0n) is 10.5. The van der Waals surface area contributed by atoms with Gasteiger partial charge in [0.2, 0.25) is 5.91 Å². The second kappa shape index (κ2) is 6.89. The van der Waals surface area contributed by atoms with Crippen LogP contribution in [0.15, 0.2) is 23.0 Å². The van der Waals surface area contributed by atoms with Gasteiger partial charge in [0.15, 0.2) is 0 Å². The van der Waals surface area contributed by atoms with E-state index in [1.807, 2.05) is 19.9 Å². The summed E-state index contributed by atoms with van der Waals surface area (Å²) in [5, 5.41) is 2.82. The van der Waals surface area contributed by atoms with Crippen molar-refractivity contribution >= 4 is 5.91 Å². The van der Waals surface area contributed by atoms with Gasteiger partial charge in [-0.2, -0.15) is 0 Å². The van der Waals surface area contributed by atoms with E-state index in [1.165, 1.54) is 0 Å². The number of aromatic nitrogens is 1. The van der Waals surface area contributed by atoms with E-state index in [-0.39, 0.29) is 11.5 Å². The van der Waals surface area contributed by atoms with E-state index in [0.717, 1.165) is 18.5 Å². The number of amides is 1. The van der Waals surface area contributed by atoms with Crippen molar-refractivity contribution < 1.29 is 4.79 Å². The minimum absolute atomic E-state index is 0.0441. The minimum Gasteiger partial charge on any atom is -0.356 e. The Balaban J connectivity index is 2.32. The average Bonchev–Trinajstić information content (AvgIpc) is 2.31. The maximum atomic E-state index is 11.6. The number of hydrogen-bond acceptors (Lipinski definition) is 2. The van der Waals surface area contributed by atoms with Crippen LogP contribution in [0.5, 0.6) is 0 Å². The molecular weight excluding hydrogens is 216 g/mol. The summed E-state index contributed by atoms with van der Waals surface area (Å²) in [6.07, 6.45) is 2.32. The van der Waals surface area contributed by atoms with Crippen molar-refractivity contribution in [2.75, 3.05) is 6.54 Å². The van der Waals surface area contributed by atoms with Crippen LogP contribution < -0.4 is 10.9 Å². The van der Waals surface area contributed by atoms with Crippen molar-refractivity contribution in [3.63, 3.8) is 0 Å². The molecule has 94 valence electrons. The van der Waals surface area contributed by atoms with Gasteiger partial charge in [0.1, 0.15) is 0 Å². The number of nitrogens with zero attached hydrogens (tertiary/aromatic N) is 1. The summed E-state index contributed by atoms with van der Waals surface area (Å²) in [6.45, 7) is 5.17. The summed E-state index contributed by atoms with van der Waals surface area (Å²) < 4.78 is 1.77. The van der Waals surface area contributed by atoms with Gasteiger partial charge in [-0.15, -0.1) is 0 Å². The third-order valence-electron chi connectivity index (χ3n) is 2.72. The van der Waals surface area contributed by atoms with Crippen LogP contribution in [0.1, 0.15) is 31.9 Å². The fraction of sp³-hybridized carbons (Fsp3) is 0.538. The molecule has 1 amide bonds. The molecule has 0 atom stereocenters. The summed E-state index contributed by atoms with van der Waals surface area (Å²) in [5.74, 6) is 0.0815. The topological polar surface area (TPSA) is 51.1 Å². The molecule has 1 aromatic rings. The van der Waals surface area contributed by atoms with Gasteiger partial charge in [-0.3, -0.25) is 9.59 Å². The Labute approximate surface area is 102 Å². The number of carbonyl (C=O) groups is 1. The second-order valence-corrected chi connectivity index (χ2v) is 4.07. The van der Waals surface area contributed by atoms with E-state index in [1.54, 1.807) is 16.7 Å². The Bertz CT molecular complexity index is 424. The molecule has 0 aliphatic heterocycles. The lowest BCUT2D eigenvalue weighted by Crippen LogP contribution is -2.24. The van der Waals surface area contributed by atoms with Gasteiger partial charge in [0.05, 0.1) is 0 Å². The number of pyridine rings is 1. The first-order valence-electron chi connectivity index (χ1n) is 6.08. The highest BCUT2D eigenvalue weighted by Crippen LogP contribution is 1.97. The number of hydrogen-bond donors (Lipinski definition) is 1. The van der Waals surface area contributed by atoms with Crippen molar-refractivity contribution in [2.45, 2.75) is 39.7 Å². The van der Waals surface area contributed by atoms with Crippen LogP contribution in [-0.2, 0) is 11.3 Å². The first kappa shape index (κ1) is 13.5. The third-order valence-corrected chi connectivity index (χ3v) is 2.72. The van der Waals surface area contributed by atoms with Crippen molar-refractivity contribution in [1.29, 1.82) is 0 Å². The largest absolute Gasteiger partial charge is 0.356 e.